The molecule has 1 N–H and O–H groups in total. The molecule has 1 unspecified atom stereocenters. The van der Waals surface area contributed by atoms with E-state index in [-0.39, 0.29) is 11.3 Å². The van der Waals surface area contributed by atoms with Crippen LogP contribution in [0.4, 0.5) is 0 Å². The van der Waals surface area contributed by atoms with Crippen LogP contribution >= 0.6 is 0 Å². The lowest BCUT2D eigenvalue weighted by Crippen LogP contribution is -2.30. The minimum atomic E-state index is 0.203. The Morgan fingerprint density at radius 3 is 2.82 bits per heavy atom. The molecule has 0 aromatic carbocycles. The zero-order chi connectivity index (χ0) is 8.48. The second kappa shape index (κ2) is 2.84. The van der Waals surface area contributed by atoms with Gasteiger partial charge < -0.3 is 5.32 Å². The largest absolute Gasteiger partial charge is 0.354 e. The lowest BCUT2D eigenvalue weighted by atomic mass is 9.84. The van der Waals surface area contributed by atoms with E-state index >= 15 is 0 Å². The monoisotopic (exact) mass is 155 g/mol. The smallest absolute Gasteiger partial charge is 0.220 e. The molecule has 1 heterocycles. The van der Waals surface area contributed by atoms with Crippen LogP contribution in [0, 0.1) is 5.41 Å². The zero-order valence-electron chi connectivity index (χ0n) is 7.61. The van der Waals surface area contributed by atoms with Crippen LogP contribution in [-0.4, -0.2) is 11.9 Å². The number of carbonyl (C=O) groups is 1. The molecule has 2 heteroatoms. The Morgan fingerprint density at radius 1 is 1.55 bits per heavy atom. The standard InChI is InChI=1S/C9H17NO/c1-7-4-5-9(2,3)6-8(11)10-7/h7H,4-6H2,1-3H3,(H,10,11). The van der Waals surface area contributed by atoms with Crippen LogP contribution in [0.1, 0.15) is 40.0 Å². The topological polar surface area (TPSA) is 29.1 Å². The van der Waals surface area contributed by atoms with Gasteiger partial charge in [0.2, 0.25) is 5.91 Å². The lowest BCUT2D eigenvalue weighted by molar-refractivity contribution is -0.122. The Morgan fingerprint density at radius 2 is 2.18 bits per heavy atom. The fraction of sp³-hybridized carbons (Fsp3) is 0.889. The van der Waals surface area contributed by atoms with E-state index in [9.17, 15) is 4.79 Å². The Hall–Kier alpha value is -0.530. The summed E-state index contributed by atoms with van der Waals surface area (Å²) in [6, 6.07) is 0.365. The second-order valence-electron chi connectivity index (χ2n) is 4.35. The molecule has 0 bridgehead atoms. The molecule has 1 aliphatic rings. The summed E-state index contributed by atoms with van der Waals surface area (Å²) in [5.41, 5.74) is 0.203. The van der Waals surface area contributed by atoms with Crippen LogP contribution in [0.25, 0.3) is 0 Å². The third kappa shape index (κ3) is 2.52. The molecule has 0 spiro atoms. The fourth-order valence-electron chi connectivity index (χ4n) is 1.53. The van der Waals surface area contributed by atoms with E-state index in [1.54, 1.807) is 0 Å². The number of amides is 1. The highest BCUT2D eigenvalue weighted by Crippen LogP contribution is 2.29. The van der Waals surface area contributed by atoms with E-state index < -0.39 is 0 Å². The van der Waals surface area contributed by atoms with E-state index in [2.05, 4.69) is 26.1 Å². The van der Waals surface area contributed by atoms with Crippen LogP contribution in [0.3, 0.4) is 0 Å². The van der Waals surface area contributed by atoms with Crippen molar-refractivity contribution in [2.45, 2.75) is 46.1 Å². The van der Waals surface area contributed by atoms with Gasteiger partial charge in [-0.1, -0.05) is 13.8 Å². The van der Waals surface area contributed by atoms with Gasteiger partial charge in [0.25, 0.3) is 0 Å². The normalized spacial score (nSPS) is 30.8. The van der Waals surface area contributed by atoms with Crippen LogP contribution in [0.2, 0.25) is 0 Å². The maximum Gasteiger partial charge on any atom is 0.220 e. The zero-order valence-corrected chi connectivity index (χ0v) is 7.61. The van der Waals surface area contributed by atoms with Crippen molar-refractivity contribution in [2.75, 3.05) is 0 Å². The summed E-state index contributed by atoms with van der Waals surface area (Å²) < 4.78 is 0. The summed E-state index contributed by atoms with van der Waals surface area (Å²) in [6.07, 6.45) is 2.93. The Labute approximate surface area is 68.4 Å². The van der Waals surface area contributed by atoms with E-state index in [0.717, 1.165) is 12.8 Å². The first kappa shape index (κ1) is 8.57. The van der Waals surface area contributed by atoms with Gasteiger partial charge in [-0.15, -0.1) is 0 Å². The molecule has 0 radical (unpaired) electrons. The molecule has 1 fully saturated rings. The molecule has 0 aromatic rings. The molecule has 1 saturated heterocycles. The first-order valence-corrected chi connectivity index (χ1v) is 4.29. The average molecular weight is 155 g/mol. The van der Waals surface area contributed by atoms with Gasteiger partial charge in [-0.25, -0.2) is 0 Å². The van der Waals surface area contributed by atoms with Crippen molar-refractivity contribution in [1.29, 1.82) is 0 Å². The molecule has 64 valence electrons. The number of rotatable bonds is 0. The second-order valence-corrected chi connectivity index (χ2v) is 4.35. The Balaban J connectivity index is 2.60. The van der Waals surface area contributed by atoms with Crippen LogP contribution in [0.15, 0.2) is 0 Å². The summed E-state index contributed by atoms with van der Waals surface area (Å²) in [5, 5.41) is 2.96. The summed E-state index contributed by atoms with van der Waals surface area (Å²) in [5.74, 6) is 0.208. The molecule has 0 aromatic heterocycles. The molecule has 1 amide bonds. The van der Waals surface area contributed by atoms with Crippen LogP contribution in [-0.2, 0) is 4.79 Å². The Kier molecular flexibility index (Phi) is 2.21. The van der Waals surface area contributed by atoms with Crippen molar-refractivity contribution in [3.05, 3.63) is 0 Å². The number of nitrogens with one attached hydrogen (secondary N) is 1. The third-order valence-corrected chi connectivity index (χ3v) is 2.30. The van der Waals surface area contributed by atoms with E-state index in [0.29, 0.717) is 12.5 Å². The highest BCUT2D eigenvalue weighted by molar-refractivity contribution is 5.77. The molecule has 2 nitrogen and oxygen atoms in total. The van der Waals surface area contributed by atoms with Gasteiger partial charge in [0, 0.05) is 12.5 Å². The van der Waals surface area contributed by atoms with Gasteiger partial charge in [-0.05, 0) is 25.2 Å². The van der Waals surface area contributed by atoms with Gasteiger partial charge in [0.1, 0.15) is 0 Å². The molecular formula is C9H17NO. The molecule has 1 atom stereocenters. The van der Waals surface area contributed by atoms with Crippen molar-refractivity contribution in [1.82, 2.24) is 5.32 Å². The summed E-state index contributed by atoms with van der Waals surface area (Å²) >= 11 is 0. The van der Waals surface area contributed by atoms with Crippen LogP contribution in [0.5, 0.6) is 0 Å². The van der Waals surface area contributed by atoms with Crippen molar-refractivity contribution in [3.63, 3.8) is 0 Å². The van der Waals surface area contributed by atoms with Crippen molar-refractivity contribution in [3.8, 4) is 0 Å². The minimum absolute atomic E-state index is 0.203. The fourth-order valence-corrected chi connectivity index (χ4v) is 1.53. The number of hydrogen-bond donors (Lipinski definition) is 1. The molecule has 11 heavy (non-hydrogen) atoms. The molecule has 0 aliphatic carbocycles. The van der Waals surface area contributed by atoms with E-state index in [4.69, 9.17) is 0 Å². The first-order chi connectivity index (χ1) is 4.99. The first-order valence-electron chi connectivity index (χ1n) is 4.29. The van der Waals surface area contributed by atoms with Gasteiger partial charge in [0.15, 0.2) is 0 Å². The van der Waals surface area contributed by atoms with Crippen LogP contribution < -0.4 is 5.32 Å². The highest BCUT2D eigenvalue weighted by atomic mass is 16.1. The third-order valence-electron chi connectivity index (χ3n) is 2.30. The minimum Gasteiger partial charge on any atom is -0.354 e. The molecule has 0 saturated carbocycles. The van der Waals surface area contributed by atoms with Gasteiger partial charge in [-0.3, -0.25) is 4.79 Å². The van der Waals surface area contributed by atoms with E-state index in [1.807, 2.05) is 0 Å². The number of hydrogen-bond acceptors (Lipinski definition) is 1. The van der Waals surface area contributed by atoms with Crippen molar-refractivity contribution >= 4 is 5.91 Å². The predicted octanol–water partition coefficient (Wildman–Crippen LogP) is 1.70. The average Bonchev–Trinajstić information content (AvgIpc) is 1.90. The molecule has 1 aliphatic heterocycles. The number of carbonyl (C=O) groups excluding carboxylic acids is 1. The van der Waals surface area contributed by atoms with Crippen molar-refractivity contribution in [2.24, 2.45) is 5.41 Å². The summed E-state index contributed by atoms with van der Waals surface area (Å²) in [6.45, 7) is 6.38. The van der Waals surface area contributed by atoms with Gasteiger partial charge in [-0.2, -0.15) is 0 Å². The maximum atomic E-state index is 11.2. The highest BCUT2D eigenvalue weighted by Gasteiger charge is 2.26. The predicted molar refractivity (Wildman–Crippen MR) is 45.2 cm³/mol. The molecular weight excluding hydrogens is 138 g/mol. The summed E-state index contributed by atoms with van der Waals surface area (Å²) in [7, 11) is 0. The summed E-state index contributed by atoms with van der Waals surface area (Å²) in [4.78, 5) is 11.2. The SMILES string of the molecule is CC1CCC(C)(C)CC(=O)N1. The van der Waals surface area contributed by atoms with Gasteiger partial charge >= 0.3 is 0 Å². The lowest BCUT2D eigenvalue weighted by Gasteiger charge is -2.19. The Bertz CT molecular complexity index is 163. The maximum absolute atomic E-state index is 11.2. The quantitative estimate of drug-likeness (QED) is 0.567. The van der Waals surface area contributed by atoms with Crippen molar-refractivity contribution < 1.29 is 4.79 Å². The molecule has 1 rings (SSSR count). The van der Waals surface area contributed by atoms with E-state index in [1.165, 1.54) is 0 Å². The van der Waals surface area contributed by atoms with Gasteiger partial charge in [0.05, 0.1) is 0 Å².